The molecule has 0 aliphatic carbocycles. The summed E-state index contributed by atoms with van der Waals surface area (Å²) in [5.41, 5.74) is 0. The number of hydrogen-bond acceptors (Lipinski definition) is 4. The molecule has 0 bridgehead atoms. The van der Waals surface area contributed by atoms with Crippen LogP contribution in [0.1, 0.15) is 19.3 Å². The van der Waals surface area contributed by atoms with Crippen molar-refractivity contribution in [3.63, 3.8) is 0 Å². The first-order valence-electron chi connectivity index (χ1n) is 5.68. The molecule has 0 radical (unpaired) electrons. The van der Waals surface area contributed by atoms with Gasteiger partial charge in [0.25, 0.3) is 0 Å². The van der Waals surface area contributed by atoms with Crippen molar-refractivity contribution in [1.29, 1.82) is 0 Å². The van der Waals surface area contributed by atoms with Gasteiger partial charge in [-0.2, -0.15) is 4.98 Å². The third-order valence-corrected chi connectivity index (χ3v) is 2.89. The molecule has 2 heterocycles. The highest BCUT2D eigenvalue weighted by molar-refractivity contribution is 6.28. The molecule has 0 saturated carbocycles. The van der Waals surface area contributed by atoms with Crippen LogP contribution >= 0.6 is 11.6 Å². The molecule has 0 atom stereocenters. The van der Waals surface area contributed by atoms with Crippen molar-refractivity contribution in [2.24, 2.45) is 0 Å². The Morgan fingerprint density at radius 2 is 2.12 bits per heavy atom. The summed E-state index contributed by atoms with van der Waals surface area (Å²) in [6.07, 6.45) is 5.57. The van der Waals surface area contributed by atoms with Gasteiger partial charge in [0, 0.05) is 18.8 Å². The van der Waals surface area contributed by atoms with E-state index in [9.17, 15) is 0 Å². The zero-order chi connectivity index (χ0) is 11.2. The van der Waals surface area contributed by atoms with E-state index in [-0.39, 0.29) is 5.28 Å². The van der Waals surface area contributed by atoms with Gasteiger partial charge in [0.2, 0.25) is 11.2 Å². The topological polar surface area (TPSA) is 38.2 Å². The minimum atomic E-state index is 0.232. The molecule has 1 aliphatic heterocycles. The number of halogens is 1. The van der Waals surface area contributed by atoms with Gasteiger partial charge in [0.1, 0.15) is 6.61 Å². The maximum Gasteiger partial charge on any atom is 0.225 e. The molecular weight excluding hydrogens is 226 g/mol. The molecule has 1 fully saturated rings. The average Bonchev–Trinajstić information content (AvgIpc) is 2.30. The van der Waals surface area contributed by atoms with Crippen molar-refractivity contribution in [3.05, 3.63) is 17.5 Å². The molecule has 5 heteroatoms. The number of rotatable bonds is 4. The van der Waals surface area contributed by atoms with Gasteiger partial charge in [-0.1, -0.05) is 6.42 Å². The number of piperidine rings is 1. The number of nitrogens with zero attached hydrogens (tertiary/aromatic N) is 3. The second-order valence-corrected chi connectivity index (χ2v) is 4.25. The third-order valence-electron chi connectivity index (χ3n) is 2.71. The van der Waals surface area contributed by atoms with Gasteiger partial charge in [-0.05, 0) is 37.5 Å². The molecule has 0 amide bonds. The predicted molar refractivity (Wildman–Crippen MR) is 62.8 cm³/mol. The smallest absolute Gasteiger partial charge is 0.225 e. The molecule has 4 nitrogen and oxygen atoms in total. The summed E-state index contributed by atoms with van der Waals surface area (Å²) < 4.78 is 5.51. The lowest BCUT2D eigenvalue weighted by Crippen LogP contribution is -2.33. The molecule has 1 aliphatic rings. The molecule has 0 spiro atoms. The van der Waals surface area contributed by atoms with Crippen LogP contribution in [-0.4, -0.2) is 41.1 Å². The lowest BCUT2D eigenvalue weighted by Gasteiger charge is -2.25. The van der Waals surface area contributed by atoms with E-state index < -0.39 is 0 Å². The largest absolute Gasteiger partial charge is 0.476 e. The third kappa shape index (κ3) is 3.61. The normalized spacial score (nSPS) is 17.3. The molecule has 88 valence electrons. The predicted octanol–water partition coefficient (Wildman–Crippen LogP) is 1.99. The van der Waals surface area contributed by atoms with Crippen molar-refractivity contribution in [2.75, 3.05) is 26.2 Å². The first-order valence-corrected chi connectivity index (χ1v) is 6.06. The molecule has 0 aromatic carbocycles. The molecule has 1 aromatic rings. The number of likely N-dealkylation sites (tertiary alicyclic amines) is 1. The first kappa shape index (κ1) is 11.6. The van der Waals surface area contributed by atoms with Gasteiger partial charge < -0.3 is 4.74 Å². The molecule has 1 aromatic heterocycles. The highest BCUT2D eigenvalue weighted by Gasteiger charge is 2.09. The second kappa shape index (κ2) is 6.01. The first-order chi connectivity index (χ1) is 7.84. The second-order valence-electron chi connectivity index (χ2n) is 3.91. The fourth-order valence-electron chi connectivity index (χ4n) is 1.86. The quantitative estimate of drug-likeness (QED) is 0.756. The van der Waals surface area contributed by atoms with Gasteiger partial charge in [0.05, 0.1) is 0 Å². The van der Waals surface area contributed by atoms with Crippen LogP contribution in [0.3, 0.4) is 0 Å². The van der Waals surface area contributed by atoms with Gasteiger partial charge in [-0.25, -0.2) is 4.98 Å². The van der Waals surface area contributed by atoms with E-state index in [1.54, 1.807) is 12.3 Å². The summed E-state index contributed by atoms with van der Waals surface area (Å²) in [6.45, 7) is 4.00. The molecule has 2 rings (SSSR count). The zero-order valence-electron chi connectivity index (χ0n) is 9.23. The number of hydrogen-bond donors (Lipinski definition) is 0. The number of aromatic nitrogens is 2. The van der Waals surface area contributed by atoms with Crippen molar-refractivity contribution in [3.8, 4) is 5.88 Å². The Balaban J connectivity index is 1.71. The van der Waals surface area contributed by atoms with Crippen LogP contribution in [0.5, 0.6) is 5.88 Å². The summed E-state index contributed by atoms with van der Waals surface area (Å²) in [5, 5.41) is 0.232. The van der Waals surface area contributed by atoms with Gasteiger partial charge >= 0.3 is 0 Å². The Kier molecular flexibility index (Phi) is 4.36. The van der Waals surface area contributed by atoms with E-state index in [4.69, 9.17) is 16.3 Å². The maximum absolute atomic E-state index is 5.66. The summed E-state index contributed by atoms with van der Waals surface area (Å²) >= 11 is 5.66. The highest BCUT2D eigenvalue weighted by Crippen LogP contribution is 2.10. The van der Waals surface area contributed by atoms with Crippen LogP contribution in [0.2, 0.25) is 5.28 Å². The minimum Gasteiger partial charge on any atom is -0.476 e. The summed E-state index contributed by atoms with van der Waals surface area (Å²) in [6, 6.07) is 1.72. The fourth-order valence-corrected chi connectivity index (χ4v) is 2.00. The Labute approximate surface area is 101 Å². The van der Waals surface area contributed by atoms with Gasteiger partial charge in [-0.3, -0.25) is 4.90 Å². The van der Waals surface area contributed by atoms with E-state index in [0.717, 1.165) is 6.54 Å². The zero-order valence-corrected chi connectivity index (χ0v) is 9.99. The SMILES string of the molecule is Clc1nccc(OCCN2CCCCC2)n1. The molecule has 0 N–H and O–H groups in total. The molecule has 1 saturated heterocycles. The van der Waals surface area contributed by atoms with Crippen molar-refractivity contribution < 1.29 is 4.74 Å². The van der Waals surface area contributed by atoms with Gasteiger partial charge in [-0.15, -0.1) is 0 Å². The Hall–Kier alpha value is -0.870. The van der Waals surface area contributed by atoms with E-state index in [2.05, 4.69) is 14.9 Å². The van der Waals surface area contributed by atoms with E-state index in [1.165, 1.54) is 32.4 Å². The lowest BCUT2D eigenvalue weighted by atomic mass is 10.1. The fraction of sp³-hybridized carbons (Fsp3) is 0.636. The Morgan fingerprint density at radius 3 is 2.88 bits per heavy atom. The average molecular weight is 242 g/mol. The lowest BCUT2D eigenvalue weighted by molar-refractivity contribution is 0.180. The standard InChI is InChI=1S/C11H16ClN3O/c12-11-13-5-4-10(14-11)16-9-8-15-6-2-1-3-7-15/h4-5H,1-3,6-9H2. The van der Waals surface area contributed by atoms with Crippen LogP contribution in [-0.2, 0) is 0 Å². The van der Waals surface area contributed by atoms with E-state index in [1.807, 2.05) is 0 Å². The van der Waals surface area contributed by atoms with Crippen LogP contribution in [0.25, 0.3) is 0 Å². The van der Waals surface area contributed by atoms with E-state index in [0.29, 0.717) is 12.5 Å². The van der Waals surface area contributed by atoms with Crippen molar-refractivity contribution in [1.82, 2.24) is 14.9 Å². The molecule has 0 unspecified atom stereocenters. The van der Waals surface area contributed by atoms with Crippen LogP contribution in [0, 0.1) is 0 Å². The minimum absolute atomic E-state index is 0.232. The van der Waals surface area contributed by atoms with Crippen molar-refractivity contribution >= 4 is 11.6 Å². The van der Waals surface area contributed by atoms with Crippen LogP contribution < -0.4 is 4.74 Å². The van der Waals surface area contributed by atoms with E-state index >= 15 is 0 Å². The van der Waals surface area contributed by atoms with Crippen LogP contribution in [0.15, 0.2) is 12.3 Å². The van der Waals surface area contributed by atoms with Crippen LogP contribution in [0.4, 0.5) is 0 Å². The molecule has 16 heavy (non-hydrogen) atoms. The monoisotopic (exact) mass is 241 g/mol. The summed E-state index contributed by atoms with van der Waals surface area (Å²) in [5.74, 6) is 0.553. The number of ether oxygens (including phenoxy) is 1. The highest BCUT2D eigenvalue weighted by atomic mass is 35.5. The summed E-state index contributed by atoms with van der Waals surface area (Å²) in [4.78, 5) is 10.2. The summed E-state index contributed by atoms with van der Waals surface area (Å²) in [7, 11) is 0. The Bertz CT molecular complexity index is 329. The Morgan fingerprint density at radius 1 is 1.31 bits per heavy atom. The maximum atomic E-state index is 5.66. The van der Waals surface area contributed by atoms with Gasteiger partial charge in [0.15, 0.2) is 0 Å². The van der Waals surface area contributed by atoms with Crippen molar-refractivity contribution in [2.45, 2.75) is 19.3 Å². The molecular formula is C11H16ClN3O.